The Bertz CT molecular complexity index is 494. The summed E-state index contributed by atoms with van der Waals surface area (Å²) >= 11 is 0. The lowest BCUT2D eigenvalue weighted by Crippen LogP contribution is -2.36. The lowest BCUT2D eigenvalue weighted by molar-refractivity contribution is 0.114. The van der Waals surface area contributed by atoms with Crippen LogP contribution < -0.4 is 15.6 Å². The maximum Gasteiger partial charge on any atom is 0.250 e. The molecule has 3 heterocycles. The van der Waals surface area contributed by atoms with Crippen LogP contribution in [-0.4, -0.2) is 22.8 Å². The molecule has 86 valence electrons. The van der Waals surface area contributed by atoms with Crippen molar-refractivity contribution >= 4 is 0 Å². The number of nitrogens with one attached hydrogen (secondary N) is 1. The minimum absolute atomic E-state index is 0.0402. The number of hydrogen-bond donors (Lipinski definition) is 1. The molecule has 0 amide bonds. The van der Waals surface area contributed by atoms with Gasteiger partial charge >= 0.3 is 0 Å². The fourth-order valence-electron chi connectivity index (χ4n) is 2.77. The normalized spacial score (nSPS) is 31.8. The first kappa shape index (κ1) is 9.90. The molecule has 1 aromatic heterocycles. The van der Waals surface area contributed by atoms with E-state index in [1.165, 1.54) is 0 Å². The number of aromatic nitrogens is 1. The van der Waals surface area contributed by atoms with Crippen LogP contribution in [0.4, 0.5) is 0 Å². The van der Waals surface area contributed by atoms with Crippen molar-refractivity contribution in [3.05, 3.63) is 28.2 Å². The van der Waals surface area contributed by atoms with Crippen molar-refractivity contribution in [1.29, 1.82) is 0 Å². The lowest BCUT2D eigenvalue weighted by atomic mass is 9.95. The Balaban J connectivity index is 1.98. The van der Waals surface area contributed by atoms with E-state index >= 15 is 0 Å². The summed E-state index contributed by atoms with van der Waals surface area (Å²) in [5.41, 5.74) is 0.986. The summed E-state index contributed by atoms with van der Waals surface area (Å²) in [6, 6.07) is 2.20. The molecule has 4 nitrogen and oxygen atoms in total. The minimum Gasteiger partial charge on any atom is -0.484 e. The molecule has 2 unspecified atom stereocenters. The third kappa shape index (κ3) is 1.37. The molecule has 1 spiro atoms. The van der Waals surface area contributed by atoms with Gasteiger partial charge in [0.25, 0.3) is 5.56 Å². The molecule has 0 bridgehead atoms. The van der Waals surface area contributed by atoms with Crippen molar-refractivity contribution in [2.24, 2.45) is 7.05 Å². The van der Waals surface area contributed by atoms with Crippen LogP contribution in [0, 0.1) is 0 Å². The van der Waals surface area contributed by atoms with Crippen LogP contribution in [0.15, 0.2) is 17.1 Å². The average molecular weight is 220 g/mol. The summed E-state index contributed by atoms with van der Waals surface area (Å²) in [5.74, 6) is 0.873. The number of ether oxygens (including phenoxy) is 1. The van der Waals surface area contributed by atoms with Gasteiger partial charge < -0.3 is 14.6 Å². The van der Waals surface area contributed by atoms with E-state index in [1.54, 1.807) is 23.9 Å². The zero-order valence-electron chi connectivity index (χ0n) is 9.62. The highest BCUT2D eigenvalue weighted by atomic mass is 16.5. The summed E-state index contributed by atoms with van der Waals surface area (Å²) in [5, 5.41) is 3.41. The molecule has 2 atom stereocenters. The molecular formula is C12H16N2O2. The number of hydrogen-bond acceptors (Lipinski definition) is 3. The van der Waals surface area contributed by atoms with E-state index in [4.69, 9.17) is 4.74 Å². The number of fused-ring (bicyclic) bond motifs is 1. The number of nitrogens with zero attached hydrogens (tertiary/aromatic N) is 1. The Labute approximate surface area is 94.2 Å². The molecule has 2 aliphatic heterocycles. The Hall–Kier alpha value is -1.29. The molecule has 1 saturated heterocycles. The van der Waals surface area contributed by atoms with Crippen LogP contribution in [0.25, 0.3) is 0 Å². The average Bonchev–Trinajstić information content (AvgIpc) is 2.71. The maximum atomic E-state index is 11.5. The second-order valence-corrected chi connectivity index (χ2v) is 5.06. The summed E-state index contributed by atoms with van der Waals surface area (Å²) in [4.78, 5) is 11.5. The molecule has 1 N–H and O–H groups in total. The van der Waals surface area contributed by atoms with Gasteiger partial charge in [-0.2, -0.15) is 0 Å². The van der Waals surface area contributed by atoms with Gasteiger partial charge in [0.15, 0.2) is 0 Å². The van der Waals surface area contributed by atoms with Gasteiger partial charge in [-0.15, -0.1) is 0 Å². The van der Waals surface area contributed by atoms with Crippen LogP contribution in [0.3, 0.4) is 0 Å². The standard InChI is InChI=1S/C12H16N2O2/c1-8-4-12(7-13-8)5-9-3-11(15)14(2)6-10(9)16-12/h3,6,8,13H,4-5,7H2,1-2H3. The Morgan fingerprint density at radius 3 is 3.12 bits per heavy atom. The highest BCUT2D eigenvalue weighted by Gasteiger charge is 2.44. The molecule has 2 aliphatic rings. The highest BCUT2D eigenvalue weighted by molar-refractivity contribution is 5.37. The van der Waals surface area contributed by atoms with Crippen LogP contribution in [0.1, 0.15) is 18.9 Å². The Morgan fingerprint density at radius 2 is 2.44 bits per heavy atom. The first-order chi connectivity index (χ1) is 7.58. The fraction of sp³-hybridized carbons (Fsp3) is 0.583. The highest BCUT2D eigenvalue weighted by Crippen LogP contribution is 2.38. The summed E-state index contributed by atoms with van der Waals surface area (Å²) in [6.45, 7) is 3.04. The number of rotatable bonds is 0. The topological polar surface area (TPSA) is 43.3 Å². The molecule has 4 heteroatoms. The van der Waals surface area contributed by atoms with E-state index in [0.717, 1.165) is 30.7 Å². The number of aryl methyl sites for hydroxylation is 1. The van der Waals surface area contributed by atoms with Gasteiger partial charge in [-0.05, 0) is 6.92 Å². The number of pyridine rings is 1. The van der Waals surface area contributed by atoms with Crippen molar-refractivity contribution < 1.29 is 4.74 Å². The minimum atomic E-state index is -0.109. The van der Waals surface area contributed by atoms with Gasteiger partial charge in [0.2, 0.25) is 0 Å². The molecule has 16 heavy (non-hydrogen) atoms. The first-order valence-corrected chi connectivity index (χ1v) is 5.70. The second kappa shape index (κ2) is 3.10. The quantitative estimate of drug-likeness (QED) is 0.690. The van der Waals surface area contributed by atoms with Gasteiger partial charge in [-0.1, -0.05) is 0 Å². The van der Waals surface area contributed by atoms with E-state index in [1.807, 2.05) is 0 Å². The lowest BCUT2D eigenvalue weighted by Gasteiger charge is -2.21. The molecule has 0 aromatic carbocycles. The van der Waals surface area contributed by atoms with Crippen molar-refractivity contribution in [3.8, 4) is 5.75 Å². The van der Waals surface area contributed by atoms with Crippen LogP contribution in [-0.2, 0) is 13.5 Å². The molecule has 1 fully saturated rings. The predicted octanol–water partition coefficient (Wildman–Crippen LogP) is 0.441. The van der Waals surface area contributed by atoms with E-state index in [-0.39, 0.29) is 11.2 Å². The molecule has 3 rings (SSSR count). The van der Waals surface area contributed by atoms with Gasteiger partial charge in [0.05, 0.1) is 0 Å². The third-order valence-electron chi connectivity index (χ3n) is 3.56. The Kier molecular flexibility index (Phi) is 1.92. The molecular weight excluding hydrogens is 204 g/mol. The monoisotopic (exact) mass is 220 g/mol. The molecule has 0 radical (unpaired) electrons. The first-order valence-electron chi connectivity index (χ1n) is 5.70. The van der Waals surface area contributed by atoms with Gasteiger partial charge in [-0.3, -0.25) is 4.79 Å². The van der Waals surface area contributed by atoms with E-state index < -0.39 is 0 Å². The van der Waals surface area contributed by atoms with Crippen molar-refractivity contribution in [2.45, 2.75) is 31.4 Å². The second-order valence-electron chi connectivity index (χ2n) is 5.06. The van der Waals surface area contributed by atoms with Crippen molar-refractivity contribution in [2.75, 3.05) is 6.54 Å². The van der Waals surface area contributed by atoms with E-state index in [9.17, 15) is 4.79 Å². The van der Waals surface area contributed by atoms with E-state index in [2.05, 4.69) is 12.2 Å². The molecule has 0 saturated carbocycles. The summed E-state index contributed by atoms with van der Waals surface area (Å²) in [7, 11) is 1.76. The van der Waals surface area contributed by atoms with Gasteiger partial charge in [0, 0.05) is 50.3 Å². The van der Waals surface area contributed by atoms with Gasteiger partial charge in [0.1, 0.15) is 11.4 Å². The summed E-state index contributed by atoms with van der Waals surface area (Å²) in [6.07, 6.45) is 3.67. The van der Waals surface area contributed by atoms with Gasteiger partial charge in [-0.25, -0.2) is 0 Å². The van der Waals surface area contributed by atoms with Crippen LogP contribution >= 0.6 is 0 Å². The van der Waals surface area contributed by atoms with Crippen molar-refractivity contribution in [1.82, 2.24) is 9.88 Å². The largest absolute Gasteiger partial charge is 0.484 e. The molecule has 0 aliphatic carbocycles. The summed E-state index contributed by atoms with van der Waals surface area (Å²) < 4.78 is 7.61. The zero-order chi connectivity index (χ0) is 11.3. The van der Waals surface area contributed by atoms with Crippen molar-refractivity contribution in [3.63, 3.8) is 0 Å². The molecule has 1 aromatic rings. The Morgan fingerprint density at radius 1 is 1.62 bits per heavy atom. The maximum absolute atomic E-state index is 11.5. The smallest absolute Gasteiger partial charge is 0.250 e. The fourth-order valence-corrected chi connectivity index (χ4v) is 2.77. The van der Waals surface area contributed by atoms with Crippen LogP contribution in [0.2, 0.25) is 0 Å². The third-order valence-corrected chi connectivity index (χ3v) is 3.56. The predicted molar refractivity (Wildman–Crippen MR) is 60.8 cm³/mol. The zero-order valence-corrected chi connectivity index (χ0v) is 9.62. The van der Waals surface area contributed by atoms with E-state index in [0.29, 0.717) is 6.04 Å². The van der Waals surface area contributed by atoms with Crippen LogP contribution in [0.5, 0.6) is 5.75 Å². The SMILES string of the molecule is CC1CC2(CN1)Cc1cc(=O)n(C)cc1O2.